The topological polar surface area (TPSA) is 82.1 Å². The fourth-order valence-electron chi connectivity index (χ4n) is 8.60. The number of hydrogen-bond donors (Lipinski definition) is 0. The largest absolute Gasteiger partial charge is 0.481 e. The van der Waals surface area contributed by atoms with E-state index in [1.165, 1.54) is 23.4 Å². The summed E-state index contributed by atoms with van der Waals surface area (Å²) in [7, 11) is 1.66. The SMILES string of the molecule is COc1cccc(C2CCN(CCc3ccccc3N3CCCCC3=O)C2)n1.O=C1CCCCN1c1ccccc1CCN1CCC(c2ccc(F)cn2)C1. The van der Waals surface area contributed by atoms with Crippen LogP contribution in [-0.2, 0) is 22.4 Å². The maximum atomic E-state index is 13.1. The van der Waals surface area contributed by atoms with Crippen LogP contribution in [0.3, 0.4) is 0 Å². The highest BCUT2D eigenvalue weighted by Crippen LogP contribution is 2.31. The van der Waals surface area contributed by atoms with Gasteiger partial charge >= 0.3 is 0 Å². The number of carbonyl (C=O) groups excluding carboxylic acids is 2. The van der Waals surface area contributed by atoms with Crippen molar-refractivity contribution < 1.29 is 18.7 Å². The van der Waals surface area contributed by atoms with E-state index < -0.39 is 0 Å². The monoisotopic (exact) mass is 746 g/mol. The van der Waals surface area contributed by atoms with Crippen LogP contribution < -0.4 is 14.5 Å². The average molecular weight is 747 g/mol. The first-order valence-electron chi connectivity index (χ1n) is 20.3. The molecule has 9 nitrogen and oxygen atoms in total. The lowest BCUT2D eigenvalue weighted by atomic mass is 10.0. The molecule has 0 spiro atoms. The van der Waals surface area contributed by atoms with Crippen LogP contribution in [0.25, 0.3) is 0 Å². The van der Waals surface area contributed by atoms with Crippen molar-refractivity contribution in [3.8, 4) is 5.88 Å². The number of rotatable bonds is 11. The minimum absolute atomic E-state index is 0.248. The molecule has 290 valence electrons. The summed E-state index contributed by atoms with van der Waals surface area (Å²) in [6.07, 6.45) is 10.9. The molecule has 2 amide bonds. The van der Waals surface area contributed by atoms with Crippen LogP contribution >= 0.6 is 0 Å². The molecule has 0 radical (unpaired) electrons. The number of aromatic nitrogens is 2. The molecule has 10 heteroatoms. The zero-order valence-corrected chi connectivity index (χ0v) is 32.3. The zero-order chi connectivity index (χ0) is 38.0. The van der Waals surface area contributed by atoms with Crippen LogP contribution in [-0.4, -0.2) is 91.0 Å². The number of pyridine rings is 2. The molecule has 55 heavy (non-hydrogen) atoms. The van der Waals surface area contributed by atoms with Crippen molar-refractivity contribution in [3.63, 3.8) is 0 Å². The van der Waals surface area contributed by atoms with Gasteiger partial charge in [0.2, 0.25) is 17.7 Å². The van der Waals surface area contributed by atoms with E-state index in [1.54, 1.807) is 13.2 Å². The maximum absolute atomic E-state index is 13.1. The van der Waals surface area contributed by atoms with Crippen LogP contribution in [0.1, 0.15) is 85.7 Å². The lowest BCUT2D eigenvalue weighted by Gasteiger charge is -2.29. The first-order chi connectivity index (χ1) is 26.9. The molecule has 2 aromatic carbocycles. The van der Waals surface area contributed by atoms with E-state index in [0.29, 0.717) is 30.6 Å². The van der Waals surface area contributed by atoms with E-state index in [-0.39, 0.29) is 17.6 Å². The number of piperidine rings is 2. The molecule has 0 N–H and O–H groups in total. The second kappa shape index (κ2) is 18.8. The Bertz CT molecular complexity index is 1890. The summed E-state index contributed by atoms with van der Waals surface area (Å²) in [6.45, 7) is 7.79. The highest BCUT2D eigenvalue weighted by molar-refractivity contribution is 5.95. The summed E-state index contributed by atoms with van der Waals surface area (Å²) in [6, 6.07) is 26.0. The van der Waals surface area contributed by atoms with Crippen molar-refractivity contribution in [2.75, 3.05) is 69.3 Å². The zero-order valence-electron chi connectivity index (χ0n) is 32.3. The predicted molar refractivity (Wildman–Crippen MR) is 215 cm³/mol. The molecule has 4 saturated heterocycles. The first-order valence-corrected chi connectivity index (χ1v) is 20.3. The van der Waals surface area contributed by atoms with Crippen molar-refractivity contribution in [2.45, 2.75) is 76.0 Å². The van der Waals surface area contributed by atoms with Crippen LogP contribution in [0.4, 0.5) is 15.8 Å². The summed E-state index contributed by atoms with van der Waals surface area (Å²) < 4.78 is 18.3. The number of anilines is 2. The number of amides is 2. The molecule has 2 unspecified atom stereocenters. The van der Waals surface area contributed by atoms with Crippen LogP contribution in [0.2, 0.25) is 0 Å². The van der Waals surface area contributed by atoms with Gasteiger partial charge in [0, 0.05) is 92.8 Å². The Kier molecular flexibility index (Phi) is 13.2. The van der Waals surface area contributed by atoms with E-state index in [0.717, 1.165) is 126 Å². The van der Waals surface area contributed by atoms with Crippen LogP contribution in [0.15, 0.2) is 85.1 Å². The van der Waals surface area contributed by atoms with E-state index in [9.17, 15) is 14.0 Å². The lowest BCUT2D eigenvalue weighted by molar-refractivity contribution is -0.120. The Morgan fingerprint density at radius 2 is 1.22 bits per heavy atom. The van der Waals surface area contributed by atoms with Gasteiger partial charge in [-0.2, -0.15) is 0 Å². The first kappa shape index (κ1) is 38.6. The maximum Gasteiger partial charge on any atom is 0.226 e. The molecular formula is C45H55FN6O3. The molecule has 4 aliphatic heterocycles. The molecule has 2 aromatic heterocycles. The van der Waals surface area contributed by atoms with Crippen molar-refractivity contribution >= 4 is 23.2 Å². The number of carbonyl (C=O) groups is 2. The minimum atomic E-state index is -0.280. The third kappa shape index (κ3) is 9.96. The molecule has 4 aliphatic rings. The lowest BCUT2D eigenvalue weighted by Crippen LogP contribution is -2.36. The average Bonchev–Trinajstić information content (AvgIpc) is 3.91. The molecule has 0 aliphatic carbocycles. The van der Waals surface area contributed by atoms with Gasteiger partial charge < -0.3 is 24.3 Å². The number of halogens is 1. The Morgan fingerprint density at radius 1 is 0.655 bits per heavy atom. The standard InChI is InChI=1S/C23H29N3O2.C22H26FN3O/c1-28-22-10-6-8-20(24-22)19-13-16-25(17-19)15-12-18-7-2-3-9-21(18)26-14-5-4-11-23(26)27;23-19-8-9-20(24-15-19)18-11-14-25(16-18)13-10-17-5-1-2-6-21(17)26-12-4-3-7-22(26)27/h2-3,6-10,19H,4-5,11-17H2,1H3;1-2,5-6,8-9,15,18H,3-4,7,10-14,16H2. The van der Waals surface area contributed by atoms with Gasteiger partial charge in [-0.15, -0.1) is 0 Å². The molecule has 0 saturated carbocycles. The molecule has 4 aromatic rings. The van der Waals surface area contributed by atoms with Crippen molar-refractivity contribution in [3.05, 3.63) is 113 Å². The van der Waals surface area contributed by atoms with Gasteiger partial charge in [0.25, 0.3) is 0 Å². The Labute approximate surface area is 325 Å². The van der Waals surface area contributed by atoms with Crippen molar-refractivity contribution in [2.24, 2.45) is 0 Å². The third-order valence-corrected chi connectivity index (χ3v) is 11.7. The van der Waals surface area contributed by atoms with E-state index in [4.69, 9.17) is 4.74 Å². The van der Waals surface area contributed by atoms with Gasteiger partial charge in [0.05, 0.1) is 13.3 Å². The van der Waals surface area contributed by atoms with Crippen molar-refractivity contribution in [1.82, 2.24) is 19.8 Å². The Hall–Kier alpha value is -4.67. The summed E-state index contributed by atoms with van der Waals surface area (Å²) in [4.78, 5) is 42.5. The third-order valence-electron chi connectivity index (χ3n) is 11.7. The van der Waals surface area contributed by atoms with Gasteiger partial charge in [0.15, 0.2) is 0 Å². The van der Waals surface area contributed by atoms with Crippen LogP contribution in [0.5, 0.6) is 5.88 Å². The van der Waals surface area contributed by atoms with Crippen molar-refractivity contribution in [1.29, 1.82) is 0 Å². The number of para-hydroxylation sites is 2. The van der Waals surface area contributed by atoms with Gasteiger partial charge in [-0.25, -0.2) is 9.37 Å². The minimum Gasteiger partial charge on any atom is -0.481 e. The fourth-order valence-corrected chi connectivity index (χ4v) is 8.60. The molecule has 6 heterocycles. The predicted octanol–water partition coefficient (Wildman–Crippen LogP) is 7.41. The van der Waals surface area contributed by atoms with Gasteiger partial charge in [-0.1, -0.05) is 42.5 Å². The van der Waals surface area contributed by atoms with Gasteiger partial charge in [0.1, 0.15) is 5.82 Å². The highest BCUT2D eigenvalue weighted by Gasteiger charge is 2.28. The number of ether oxygens (including phenoxy) is 1. The number of methoxy groups -OCH3 is 1. The van der Waals surface area contributed by atoms with Crippen LogP contribution in [0, 0.1) is 5.82 Å². The Balaban J connectivity index is 0.000000169. The molecule has 0 bridgehead atoms. The highest BCUT2D eigenvalue weighted by atomic mass is 19.1. The number of hydrogen-bond acceptors (Lipinski definition) is 7. The summed E-state index contributed by atoms with van der Waals surface area (Å²) >= 11 is 0. The van der Waals surface area contributed by atoms with Gasteiger partial charge in [-0.05, 0) is 106 Å². The molecule has 2 atom stereocenters. The van der Waals surface area contributed by atoms with E-state index >= 15 is 0 Å². The second-order valence-corrected chi connectivity index (χ2v) is 15.3. The number of likely N-dealkylation sites (tertiary alicyclic amines) is 2. The molecule has 4 fully saturated rings. The summed E-state index contributed by atoms with van der Waals surface area (Å²) in [5.41, 5.74) is 6.83. The second-order valence-electron chi connectivity index (χ2n) is 15.3. The quantitative estimate of drug-likeness (QED) is 0.158. The number of benzene rings is 2. The molecule has 8 rings (SSSR count). The number of nitrogens with zero attached hydrogens (tertiary/aromatic N) is 6. The van der Waals surface area contributed by atoms with Gasteiger partial charge in [-0.3, -0.25) is 14.6 Å². The fraction of sp³-hybridized carbons (Fsp3) is 0.467. The summed E-state index contributed by atoms with van der Waals surface area (Å²) in [5.74, 6) is 1.77. The normalized spacial score (nSPS) is 20.8. The molecular weight excluding hydrogens is 692 g/mol. The summed E-state index contributed by atoms with van der Waals surface area (Å²) in [5, 5.41) is 0. The van der Waals surface area contributed by atoms with E-state index in [1.807, 2.05) is 34.1 Å². The smallest absolute Gasteiger partial charge is 0.226 e. The Morgan fingerprint density at radius 3 is 1.75 bits per heavy atom. The van der Waals surface area contributed by atoms with E-state index in [2.05, 4.69) is 62.2 Å².